The summed E-state index contributed by atoms with van der Waals surface area (Å²) >= 11 is 0. The van der Waals surface area contributed by atoms with Crippen molar-refractivity contribution in [1.29, 1.82) is 0 Å². The summed E-state index contributed by atoms with van der Waals surface area (Å²) < 4.78 is 39.4. The van der Waals surface area contributed by atoms with Gasteiger partial charge in [-0.3, -0.25) is 0 Å². The van der Waals surface area contributed by atoms with Gasteiger partial charge in [0, 0.05) is 13.1 Å². The van der Waals surface area contributed by atoms with E-state index in [-0.39, 0.29) is 18.9 Å². The average molecular weight is 298 g/mol. The van der Waals surface area contributed by atoms with Crippen LogP contribution < -0.4 is 10.6 Å². The van der Waals surface area contributed by atoms with E-state index in [1.807, 2.05) is 17.9 Å². The molecule has 2 N–H and O–H groups in total. The summed E-state index contributed by atoms with van der Waals surface area (Å²) in [5, 5.41) is 6.89. The average Bonchev–Trinajstić information content (AvgIpc) is 2.84. The van der Waals surface area contributed by atoms with Gasteiger partial charge in [0.1, 0.15) is 5.82 Å². The van der Waals surface area contributed by atoms with Crippen LogP contribution in [0.4, 0.5) is 24.7 Å². The first-order chi connectivity index (χ1) is 9.86. The first-order valence-electron chi connectivity index (χ1n) is 6.32. The lowest BCUT2D eigenvalue weighted by atomic mass is 10.2. The topological polar surface area (TPSA) is 72.9 Å². The Bertz CT molecular complexity index is 678. The summed E-state index contributed by atoms with van der Waals surface area (Å²) in [7, 11) is 0. The third-order valence-electron chi connectivity index (χ3n) is 3.47. The first-order valence-corrected chi connectivity index (χ1v) is 6.32. The molecule has 0 fully saturated rings. The molecule has 0 spiro atoms. The highest BCUT2D eigenvalue weighted by Crippen LogP contribution is 2.30. The fraction of sp³-hybridized carbons (Fsp3) is 0.417. The van der Waals surface area contributed by atoms with Crippen molar-refractivity contribution < 1.29 is 13.2 Å². The standard InChI is InChI=1S/C12H13F3N6/c1-7-4-9(17-5-8(7)16)20-2-3-21-10(6-20)18-19-11(21)12(13,14)15/h4-5H,2-3,6,16H2,1H3. The number of hydrogen-bond donors (Lipinski definition) is 1. The molecule has 0 amide bonds. The van der Waals surface area contributed by atoms with Gasteiger partial charge in [-0.2, -0.15) is 13.2 Å². The molecule has 3 heterocycles. The van der Waals surface area contributed by atoms with E-state index >= 15 is 0 Å². The summed E-state index contributed by atoms with van der Waals surface area (Å²) in [4.78, 5) is 6.07. The number of nitrogens with zero attached hydrogens (tertiary/aromatic N) is 5. The molecule has 2 aromatic rings. The van der Waals surface area contributed by atoms with Crippen molar-refractivity contribution in [2.45, 2.75) is 26.2 Å². The van der Waals surface area contributed by atoms with E-state index in [2.05, 4.69) is 15.2 Å². The van der Waals surface area contributed by atoms with E-state index < -0.39 is 12.0 Å². The monoisotopic (exact) mass is 298 g/mol. The van der Waals surface area contributed by atoms with Gasteiger partial charge < -0.3 is 15.2 Å². The van der Waals surface area contributed by atoms with Gasteiger partial charge in [-0.25, -0.2) is 4.98 Å². The molecule has 0 atom stereocenters. The maximum atomic E-state index is 12.8. The van der Waals surface area contributed by atoms with Crippen LogP contribution in [0.1, 0.15) is 17.2 Å². The molecule has 0 aliphatic carbocycles. The lowest BCUT2D eigenvalue weighted by molar-refractivity contribution is -0.147. The number of rotatable bonds is 1. The number of hydrogen-bond acceptors (Lipinski definition) is 5. The number of anilines is 2. The Morgan fingerprint density at radius 3 is 2.67 bits per heavy atom. The fourth-order valence-corrected chi connectivity index (χ4v) is 2.29. The Balaban J connectivity index is 1.88. The summed E-state index contributed by atoms with van der Waals surface area (Å²) in [5.41, 5.74) is 7.17. The second-order valence-electron chi connectivity index (χ2n) is 4.91. The largest absolute Gasteiger partial charge is 0.451 e. The van der Waals surface area contributed by atoms with Crippen LogP contribution in [0.3, 0.4) is 0 Å². The second-order valence-corrected chi connectivity index (χ2v) is 4.91. The molecule has 0 saturated carbocycles. The quantitative estimate of drug-likeness (QED) is 0.865. The highest BCUT2D eigenvalue weighted by Gasteiger charge is 2.39. The van der Waals surface area contributed by atoms with Crippen molar-refractivity contribution in [3.05, 3.63) is 29.5 Å². The lowest BCUT2D eigenvalue weighted by Gasteiger charge is -2.29. The van der Waals surface area contributed by atoms with Gasteiger partial charge in [0.15, 0.2) is 5.82 Å². The summed E-state index contributed by atoms with van der Waals surface area (Å²) in [6, 6.07) is 1.81. The predicted molar refractivity (Wildman–Crippen MR) is 69.5 cm³/mol. The molecule has 1 aliphatic heterocycles. The molecule has 21 heavy (non-hydrogen) atoms. The number of alkyl halides is 3. The Kier molecular flexibility index (Phi) is 2.99. The lowest BCUT2D eigenvalue weighted by Crippen LogP contribution is -2.35. The van der Waals surface area contributed by atoms with Crippen molar-refractivity contribution in [1.82, 2.24) is 19.7 Å². The number of nitrogens with two attached hydrogens (primary N) is 1. The molecule has 2 aromatic heterocycles. The molecule has 0 radical (unpaired) electrons. The van der Waals surface area contributed by atoms with Gasteiger partial charge in [-0.05, 0) is 18.6 Å². The van der Waals surface area contributed by atoms with E-state index in [9.17, 15) is 13.2 Å². The van der Waals surface area contributed by atoms with Crippen molar-refractivity contribution >= 4 is 11.5 Å². The third-order valence-corrected chi connectivity index (χ3v) is 3.47. The summed E-state index contributed by atoms with van der Waals surface area (Å²) in [5.74, 6) is 0.00737. The molecule has 9 heteroatoms. The Morgan fingerprint density at radius 1 is 1.24 bits per heavy atom. The van der Waals surface area contributed by atoms with Crippen LogP contribution in [0, 0.1) is 6.92 Å². The van der Waals surface area contributed by atoms with Crippen molar-refractivity contribution in [2.24, 2.45) is 0 Å². The number of pyridine rings is 1. The van der Waals surface area contributed by atoms with Gasteiger partial charge in [0.25, 0.3) is 0 Å². The van der Waals surface area contributed by atoms with E-state index in [0.29, 0.717) is 18.1 Å². The molecule has 1 aliphatic rings. The smallest absolute Gasteiger partial charge is 0.397 e. The van der Waals surface area contributed by atoms with Crippen LogP contribution in [0.5, 0.6) is 0 Å². The van der Waals surface area contributed by atoms with Gasteiger partial charge in [-0.15, -0.1) is 10.2 Å². The second kappa shape index (κ2) is 4.61. The normalized spacial score (nSPS) is 15.1. The number of aromatic nitrogens is 4. The minimum Gasteiger partial charge on any atom is -0.397 e. The van der Waals surface area contributed by atoms with Crippen LogP contribution in [-0.4, -0.2) is 26.3 Å². The molecular weight excluding hydrogens is 285 g/mol. The summed E-state index contributed by atoms with van der Waals surface area (Å²) in [6.45, 7) is 2.67. The zero-order chi connectivity index (χ0) is 15.2. The van der Waals surface area contributed by atoms with Crippen LogP contribution >= 0.6 is 0 Å². The van der Waals surface area contributed by atoms with E-state index in [4.69, 9.17) is 5.73 Å². The fourth-order valence-electron chi connectivity index (χ4n) is 2.29. The molecule has 0 unspecified atom stereocenters. The predicted octanol–water partition coefficient (Wildman–Crippen LogP) is 1.60. The van der Waals surface area contributed by atoms with Crippen LogP contribution in [0.15, 0.2) is 12.3 Å². The maximum Gasteiger partial charge on any atom is 0.451 e. The minimum absolute atomic E-state index is 0.169. The van der Waals surface area contributed by atoms with Crippen LogP contribution in [0.25, 0.3) is 0 Å². The van der Waals surface area contributed by atoms with Crippen molar-refractivity contribution in [2.75, 3.05) is 17.2 Å². The van der Waals surface area contributed by atoms with Gasteiger partial charge in [-0.1, -0.05) is 0 Å². The molecule has 6 nitrogen and oxygen atoms in total. The van der Waals surface area contributed by atoms with Gasteiger partial charge in [0.2, 0.25) is 5.82 Å². The number of halogens is 3. The van der Waals surface area contributed by atoms with E-state index in [1.54, 1.807) is 6.20 Å². The molecule has 3 rings (SSSR count). The Labute approximate surface area is 118 Å². The first kappa shape index (κ1) is 13.7. The van der Waals surface area contributed by atoms with Crippen LogP contribution in [0.2, 0.25) is 0 Å². The van der Waals surface area contributed by atoms with Crippen molar-refractivity contribution in [3.63, 3.8) is 0 Å². The Morgan fingerprint density at radius 2 is 2.00 bits per heavy atom. The molecule has 0 bridgehead atoms. The zero-order valence-corrected chi connectivity index (χ0v) is 11.2. The minimum atomic E-state index is -4.48. The zero-order valence-electron chi connectivity index (χ0n) is 11.2. The number of aryl methyl sites for hydroxylation is 1. The molecule has 0 saturated heterocycles. The van der Waals surface area contributed by atoms with Gasteiger partial charge >= 0.3 is 6.18 Å². The van der Waals surface area contributed by atoms with E-state index in [0.717, 1.165) is 10.1 Å². The summed E-state index contributed by atoms with van der Waals surface area (Å²) in [6.07, 6.45) is -2.94. The molecular formula is C12H13F3N6. The number of nitrogen functional groups attached to an aromatic ring is 1. The molecule has 0 aromatic carbocycles. The van der Waals surface area contributed by atoms with Crippen molar-refractivity contribution in [3.8, 4) is 0 Å². The number of fused-ring (bicyclic) bond motifs is 1. The highest BCUT2D eigenvalue weighted by atomic mass is 19.4. The highest BCUT2D eigenvalue weighted by molar-refractivity contribution is 5.52. The SMILES string of the molecule is Cc1cc(N2CCn3c(nnc3C(F)(F)F)C2)ncc1N. The van der Waals surface area contributed by atoms with Crippen LogP contribution in [-0.2, 0) is 19.3 Å². The maximum absolute atomic E-state index is 12.8. The Hall–Kier alpha value is -2.32. The third kappa shape index (κ3) is 2.39. The molecule has 112 valence electrons. The van der Waals surface area contributed by atoms with Gasteiger partial charge in [0.05, 0.1) is 18.4 Å². The van der Waals surface area contributed by atoms with E-state index in [1.165, 1.54) is 0 Å².